The van der Waals surface area contributed by atoms with Gasteiger partial charge in [0.25, 0.3) is 0 Å². The number of methoxy groups -OCH3 is 1. The van der Waals surface area contributed by atoms with Crippen molar-refractivity contribution < 1.29 is 14.3 Å². The zero-order chi connectivity index (χ0) is 17.5. The molecule has 24 heavy (non-hydrogen) atoms. The Morgan fingerprint density at radius 2 is 1.88 bits per heavy atom. The molecule has 6 heteroatoms. The van der Waals surface area contributed by atoms with Crippen molar-refractivity contribution >= 4 is 45.1 Å². The van der Waals surface area contributed by atoms with Crippen molar-refractivity contribution in [2.45, 2.75) is 18.8 Å². The summed E-state index contributed by atoms with van der Waals surface area (Å²) in [6.07, 6.45) is 1.26. The predicted molar refractivity (Wildman–Crippen MR) is 100 cm³/mol. The molecule has 2 aromatic carbocycles. The molecule has 0 bridgehead atoms. The first-order chi connectivity index (χ1) is 11.5. The van der Waals surface area contributed by atoms with Gasteiger partial charge in [0.15, 0.2) is 0 Å². The van der Waals surface area contributed by atoms with Gasteiger partial charge in [-0.2, -0.15) is 0 Å². The number of benzene rings is 2. The summed E-state index contributed by atoms with van der Waals surface area (Å²) in [5.74, 6) is 0.0356. The van der Waals surface area contributed by atoms with E-state index in [0.29, 0.717) is 29.5 Å². The lowest BCUT2D eigenvalue weighted by Crippen LogP contribution is -2.16. The molecule has 0 aromatic heterocycles. The standard InChI is InChI=1S/C18H17BrCl2O3/c1-23-18(22)16(15-9-6-13(20)11-17(15)21)3-2-10-24-14-7-4-12(19)5-8-14/h4-9,11,16H,2-3,10H2,1H3/t16-/m1/s1. The fourth-order valence-corrected chi connectivity index (χ4v) is 3.14. The Bertz CT molecular complexity index is 689. The number of esters is 1. The van der Waals surface area contributed by atoms with Gasteiger partial charge in [-0.15, -0.1) is 0 Å². The molecule has 0 saturated heterocycles. The highest BCUT2D eigenvalue weighted by Crippen LogP contribution is 2.31. The molecule has 0 radical (unpaired) electrons. The Kier molecular flexibility index (Phi) is 7.40. The first-order valence-electron chi connectivity index (χ1n) is 7.42. The van der Waals surface area contributed by atoms with Gasteiger partial charge in [-0.1, -0.05) is 45.2 Å². The lowest BCUT2D eigenvalue weighted by molar-refractivity contribution is -0.142. The zero-order valence-corrected chi connectivity index (χ0v) is 16.2. The van der Waals surface area contributed by atoms with Crippen LogP contribution in [-0.2, 0) is 9.53 Å². The number of ether oxygens (including phenoxy) is 2. The van der Waals surface area contributed by atoms with Crippen LogP contribution >= 0.6 is 39.1 Å². The molecule has 0 saturated carbocycles. The SMILES string of the molecule is COC(=O)[C@H](CCCOc1ccc(Br)cc1)c1ccc(Cl)cc1Cl. The molecular weight excluding hydrogens is 415 g/mol. The van der Waals surface area contributed by atoms with Gasteiger partial charge in [0.05, 0.1) is 19.6 Å². The molecule has 0 aliphatic rings. The minimum Gasteiger partial charge on any atom is -0.494 e. The largest absolute Gasteiger partial charge is 0.494 e. The van der Waals surface area contributed by atoms with Crippen molar-refractivity contribution in [3.63, 3.8) is 0 Å². The molecule has 0 heterocycles. The topological polar surface area (TPSA) is 35.5 Å². The molecule has 0 aliphatic carbocycles. The first kappa shape index (κ1) is 19.1. The van der Waals surface area contributed by atoms with Crippen LogP contribution in [0.2, 0.25) is 10.0 Å². The van der Waals surface area contributed by atoms with Gasteiger partial charge in [0.1, 0.15) is 5.75 Å². The minimum atomic E-state index is -0.437. The summed E-state index contributed by atoms with van der Waals surface area (Å²) < 4.78 is 11.6. The average molecular weight is 432 g/mol. The predicted octanol–water partition coefficient (Wildman–Crippen LogP) is 5.87. The molecule has 0 N–H and O–H groups in total. The van der Waals surface area contributed by atoms with E-state index in [2.05, 4.69) is 15.9 Å². The fourth-order valence-electron chi connectivity index (χ4n) is 2.33. The number of carbonyl (C=O) groups excluding carboxylic acids is 1. The van der Waals surface area contributed by atoms with Gasteiger partial charge < -0.3 is 9.47 Å². The molecule has 3 nitrogen and oxygen atoms in total. The van der Waals surface area contributed by atoms with Crippen LogP contribution in [0.5, 0.6) is 5.75 Å². The van der Waals surface area contributed by atoms with Gasteiger partial charge in [-0.25, -0.2) is 0 Å². The Labute approximate surface area is 160 Å². The van der Waals surface area contributed by atoms with Crippen LogP contribution in [0.4, 0.5) is 0 Å². The monoisotopic (exact) mass is 430 g/mol. The molecule has 0 unspecified atom stereocenters. The van der Waals surface area contributed by atoms with Crippen LogP contribution in [0.1, 0.15) is 24.3 Å². The van der Waals surface area contributed by atoms with Crippen LogP contribution in [0.3, 0.4) is 0 Å². The summed E-state index contributed by atoms with van der Waals surface area (Å²) >= 11 is 15.5. The normalized spacial score (nSPS) is 11.8. The Hall–Kier alpha value is -1.23. The van der Waals surface area contributed by atoms with E-state index >= 15 is 0 Å². The van der Waals surface area contributed by atoms with E-state index in [1.54, 1.807) is 18.2 Å². The summed E-state index contributed by atoms with van der Waals surface area (Å²) in [6.45, 7) is 0.500. The van der Waals surface area contributed by atoms with E-state index in [1.165, 1.54) is 7.11 Å². The molecule has 0 amide bonds. The van der Waals surface area contributed by atoms with Crippen molar-refractivity contribution in [2.75, 3.05) is 13.7 Å². The van der Waals surface area contributed by atoms with Crippen LogP contribution in [0.15, 0.2) is 46.9 Å². The molecule has 128 valence electrons. The number of hydrogen-bond donors (Lipinski definition) is 0. The Morgan fingerprint density at radius 1 is 1.17 bits per heavy atom. The van der Waals surface area contributed by atoms with E-state index in [9.17, 15) is 4.79 Å². The first-order valence-corrected chi connectivity index (χ1v) is 8.97. The number of carbonyl (C=O) groups is 1. The molecular formula is C18H17BrCl2O3. The molecule has 2 aromatic rings. The lowest BCUT2D eigenvalue weighted by Gasteiger charge is -2.17. The van der Waals surface area contributed by atoms with E-state index in [-0.39, 0.29) is 5.97 Å². The van der Waals surface area contributed by atoms with E-state index in [1.807, 2.05) is 24.3 Å². The summed E-state index contributed by atoms with van der Waals surface area (Å²) in [5.41, 5.74) is 0.719. The second-order valence-corrected chi connectivity index (χ2v) is 6.95. The second kappa shape index (κ2) is 9.30. The van der Waals surface area contributed by atoms with Gasteiger partial charge in [-0.05, 0) is 54.8 Å². The Morgan fingerprint density at radius 3 is 2.50 bits per heavy atom. The molecule has 2 rings (SSSR count). The maximum atomic E-state index is 12.1. The molecule has 0 spiro atoms. The smallest absolute Gasteiger partial charge is 0.313 e. The van der Waals surface area contributed by atoms with Crippen LogP contribution in [-0.4, -0.2) is 19.7 Å². The highest BCUT2D eigenvalue weighted by molar-refractivity contribution is 9.10. The summed E-state index contributed by atoms with van der Waals surface area (Å²) in [6, 6.07) is 12.7. The molecule has 0 aliphatic heterocycles. The third-order valence-corrected chi connectivity index (χ3v) is 4.63. The van der Waals surface area contributed by atoms with Crippen LogP contribution in [0.25, 0.3) is 0 Å². The van der Waals surface area contributed by atoms with Crippen LogP contribution in [0, 0.1) is 0 Å². The third-order valence-electron chi connectivity index (χ3n) is 3.54. The summed E-state index contributed by atoms with van der Waals surface area (Å²) in [4.78, 5) is 12.1. The van der Waals surface area contributed by atoms with Crippen molar-refractivity contribution in [3.8, 4) is 5.75 Å². The summed E-state index contributed by atoms with van der Waals surface area (Å²) in [5, 5.41) is 0.998. The van der Waals surface area contributed by atoms with Gasteiger partial charge in [0.2, 0.25) is 0 Å². The van der Waals surface area contributed by atoms with Gasteiger partial charge >= 0.3 is 5.97 Å². The second-order valence-electron chi connectivity index (χ2n) is 5.19. The third kappa shape index (κ3) is 5.40. The van der Waals surface area contributed by atoms with Crippen molar-refractivity contribution in [3.05, 3.63) is 62.5 Å². The maximum absolute atomic E-state index is 12.1. The van der Waals surface area contributed by atoms with Crippen molar-refractivity contribution in [1.82, 2.24) is 0 Å². The quantitative estimate of drug-likeness (QED) is 0.406. The van der Waals surface area contributed by atoms with Crippen LogP contribution < -0.4 is 4.74 Å². The van der Waals surface area contributed by atoms with Crippen molar-refractivity contribution in [2.24, 2.45) is 0 Å². The van der Waals surface area contributed by atoms with E-state index < -0.39 is 5.92 Å². The lowest BCUT2D eigenvalue weighted by atomic mass is 9.94. The highest BCUT2D eigenvalue weighted by Gasteiger charge is 2.23. The average Bonchev–Trinajstić information content (AvgIpc) is 2.57. The van der Waals surface area contributed by atoms with Gasteiger partial charge in [-0.3, -0.25) is 4.79 Å². The maximum Gasteiger partial charge on any atom is 0.313 e. The highest BCUT2D eigenvalue weighted by atomic mass is 79.9. The Balaban J connectivity index is 1.96. The zero-order valence-electron chi connectivity index (χ0n) is 13.1. The van der Waals surface area contributed by atoms with Crippen molar-refractivity contribution in [1.29, 1.82) is 0 Å². The fraction of sp³-hybridized carbons (Fsp3) is 0.278. The molecule has 0 fully saturated rings. The van der Waals surface area contributed by atoms with E-state index in [4.69, 9.17) is 32.7 Å². The summed E-state index contributed by atoms with van der Waals surface area (Å²) in [7, 11) is 1.37. The van der Waals surface area contributed by atoms with Gasteiger partial charge in [0, 0.05) is 14.5 Å². The number of hydrogen-bond acceptors (Lipinski definition) is 3. The number of rotatable bonds is 7. The van der Waals surface area contributed by atoms with E-state index in [0.717, 1.165) is 15.8 Å². The minimum absolute atomic E-state index is 0.317. The molecule has 1 atom stereocenters. The number of halogens is 3.